The Morgan fingerprint density at radius 1 is 0.929 bits per heavy atom. The van der Waals surface area contributed by atoms with Gasteiger partial charge in [0, 0.05) is 31.9 Å². The van der Waals surface area contributed by atoms with E-state index in [2.05, 4.69) is 15.2 Å². The molecule has 4 aliphatic rings. The Hall–Kier alpha value is -4.49. The molecule has 0 amide bonds. The minimum Gasteiger partial charge on any atom is -0.497 e. The van der Waals surface area contributed by atoms with Gasteiger partial charge in [0.05, 0.1) is 29.3 Å². The monoisotopic (exact) mass is 809 g/mol. The third-order valence-electron chi connectivity index (χ3n) is 10.5. The number of esters is 2. The zero-order chi connectivity index (χ0) is 39.2. The van der Waals surface area contributed by atoms with Gasteiger partial charge in [0.15, 0.2) is 11.5 Å². The Balaban J connectivity index is 1.10. The molecule has 14 heteroatoms. The van der Waals surface area contributed by atoms with Crippen LogP contribution in [-0.4, -0.2) is 67.9 Å². The molecule has 10 nitrogen and oxygen atoms in total. The standard InChI is InChI=1S/C42H43Cl2F2N3O7/c1-52-31-10-7-28(8-11-31)39(41(51)55-38-23-49-15-13-27(38)14-16-49)48-20-26-3-2-4-30(17-26)40(50)54-36(19-32-33(43)21-47-22-34(32)44)29-9-12-35(56-42(45)46)37(18-29)53-24-25-5-6-25/h2-4,7-12,17-18,21-22,25,27,36,38-39,42,48H,5-6,13-16,19-20,23-24H2,1H3/t36-,38-,39?/m0/s1. The van der Waals surface area contributed by atoms with Crippen LogP contribution in [0.25, 0.3) is 0 Å². The third-order valence-corrected chi connectivity index (χ3v) is 11.2. The first-order valence-corrected chi connectivity index (χ1v) is 19.5. The lowest BCUT2D eigenvalue weighted by Gasteiger charge is -2.44. The van der Waals surface area contributed by atoms with E-state index in [0.29, 0.717) is 35.3 Å². The van der Waals surface area contributed by atoms with Crippen molar-refractivity contribution in [2.24, 2.45) is 11.8 Å². The molecule has 4 heterocycles. The van der Waals surface area contributed by atoms with Gasteiger partial charge in [0.1, 0.15) is 24.0 Å². The number of nitrogens with one attached hydrogen (secondary N) is 1. The Morgan fingerprint density at radius 2 is 1.66 bits per heavy atom. The van der Waals surface area contributed by atoms with Crippen LogP contribution in [0.5, 0.6) is 17.2 Å². The van der Waals surface area contributed by atoms with Gasteiger partial charge in [0.25, 0.3) is 0 Å². The molecule has 296 valence electrons. The highest BCUT2D eigenvalue weighted by Gasteiger charge is 2.38. The molecule has 4 aromatic rings. The predicted molar refractivity (Wildman–Crippen MR) is 205 cm³/mol. The summed E-state index contributed by atoms with van der Waals surface area (Å²) >= 11 is 13.0. The van der Waals surface area contributed by atoms with Gasteiger partial charge in [-0.3, -0.25) is 15.2 Å². The summed E-state index contributed by atoms with van der Waals surface area (Å²) in [6, 6.07) is 17.8. The van der Waals surface area contributed by atoms with Crippen LogP contribution in [0.15, 0.2) is 79.1 Å². The van der Waals surface area contributed by atoms with Crippen molar-refractivity contribution in [3.05, 3.63) is 117 Å². The number of pyridine rings is 1. The Kier molecular flexibility index (Phi) is 12.9. The molecule has 0 radical (unpaired) electrons. The van der Waals surface area contributed by atoms with Crippen LogP contribution >= 0.6 is 23.2 Å². The molecule has 56 heavy (non-hydrogen) atoms. The number of rotatable bonds is 17. The fourth-order valence-corrected chi connectivity index (χ4v) is 7.71. The van der Waals surface area contributed by atoms with Crippen LogP contribution in [0.1, 0.15) is 70.4 Å². The number of methoxy groups -OCH3 is 1. The molecule has 8 rings (SSSR count). The second-order valence-electron chi connectivity index (χ2n) is 14.4. The Labute approximate surface area is 334 Å². The van der Waals surface area contributed by atoms with E-state index in [1.54, 1.807) is 37.4 Å². The topological polar surface area (TPSA) is 108 Å². The largest absolute Gasteiger partial charge is 0.497 e. The summed E-state index contributed by atoms with van der Waals surface area (Å²) in [4.78, 5) is 34.1. The third kappa shape index (κ3) is 10.1. The zero-order valence-corrected chi connectivity index (χ0v) is 32.3. The number of benzene rings is 3. The second kappa shape index (κ2) is 18.2. The first-order valence-electron chi connectivity index (χ1n) is 18.7. The maximum Gasteiger partial charge on any atom is 0.387 e. The van der Waals surface area contributed by atoms with Crippen LogP contribution in [0.4, 0.5) is 8.78 Å². The van der Waals surface area contributed by atoms with Crippen LogP contribution in [0.3, 0.4) is 0 Å². The van der Waals surface area contributed by atoms with E-state index < -0.39 is 24.7 Å². The molecule has 1 aromatic heterocycles. The number of carbonyl (C=O) groups is 2. The highest BCUT2D eigenvalue weighted by Crippen LogP contribution is 2.38. The minimum absolute atomic E-state index is 0.0511. The van der Waals surface area contributed by atoms with Crippen molar-refractivity contribution in [1.29, 1.82) is 0 Å². The SMILES string of the molecule is COc1ccc(C(NCc2cccc(C(=O)O[C@@H](Cc3c(Cl)cncc3Cl)c3ccc(OC(F)F)c(OCC4CC4)c3)c2)C(=O)O[C@H]2CN3CCC2CC3)cc1. The number of piperidine rings is 3. The van der Waals surface area contributed by atoms with Crippen molar-refractivity contribution in [1.82, 2.24) is 15.2 Å². The fourth-order valence-electron chi connectivity index (χ4n) is 7.19. The summed E-state index contributed by atoms with van der Waals surface area (Å²) in [5, 5.41) is 3.90. The molecule has 1 N–H and O–H groups in total. The quantitative estimate of drug-likeness (QED) is 0.105. The lowest BCUT2D eigenvalue weighted by atomic mass is 9.86. The van der Waals surface area contributed by atoms with E-state index in [1.807, 2.05) is 18.2 Å². The van der Waals surface area contributed by atoms with Gasteiger partial charge in [-0.1, -0.05) is 53.5 Å². The van der Waals surface area contributed by atoms with Crippen LogP contribution in [0, 0.1) is 11.8 Å². The molecular weight excluding hydrogens is 767 g/mol. The Bertz CT molecular complexity index is 1970. The molecule has 3 aromatic carbocycles. The number of halogens is 4. The molecule has 3 saturated heterocycles. The number of fused-ring (bicyclic) bond motifs is 3. The summed E-state index contributed by atoms with van der Waals surface area (Å²) in [6.07, 6.45) is 5.81. The second-order valence-corrected chi connectivity index (χ2v) is 15.2. The first kappa shape index (κ1) is 39.7. The molecule has 3 atom stereocenters. The highest BCUT2D eigenvalue weighted by atomic mass is 35.5. The fraction of sp³-hybridized carbons (Fsp3) is 0.405. The summed E-state index contributed by atoms with van der Waals surface area (Å²) in [5.41, 5.74) is 2.63. The molecule has 1 aliphatic carbocycles. The summed E-state index contributed by atoms with van der Waals surface area (Å²) in [5.74, 6) is 0.305. The minimum atomic E-state index is -3.06. The van der Waals surface area contributed by atoms with Gasteiger partial charge < -0.3 is 23.7 Å². The predicted octanol–water partition coefficient (Wildman–Crippen LogP) is 8.40. The van der Waals surface area contributed by atoms with Crippen molar-refractivity contribution in [3.63, 3.8) is 0 Å². The smallest absolute Gasteiger partial charge is 0.387 e. The van der Waals surface area contributed by atoms with E-state index >= 15 is 0 Å². The van der Waals surface area contributed by atoms with Gasteiger partial charge in [-0.25, -0.2) is 9.59 Å². The van der Waals surface area contributed by atoms with Crippen molar-refractivity contribution < 1.29 is 42.1 Å². The molecular formula is C42H43Cl2F2N3O7. The molecule has 1 unspecified atom stereocenters. The number of ether oxygens (including phenoxy) is 5. The van der Waals surface area contributed by atoms with Crippen molar-refractivity contribution in [3.8, 4) is 17.2 Å². The average Bonchev–Trinajstić information content (AvgIpc) is 4.04. The van der Waals surface area contributed by atoms with Crippen molar-refractivity contribution in [2.45, 2.75) is 63.5 Å². The number of nitrogens with zero attached hydrogens (tertiary/aromatic N) is 2. The number of hydrogen-bond donors (Lipinski definition) is 1. The van der Waals surface area contributed by atoms with Crippen LogP contribution in [0.2, 0.25) is 10.0 Å². The zero-order valence-electron chi connectivity index (χ0n) is 30.8. The number of aromatic nitrogens is 1. The van der Waals surface area contributed by atoms with E-state index in [0.717, 1.165) is 56.4 Å². The highest BCUT2D eigenvalue weighted by molar-refractivity contribution is 6.35. The van der Waals surface area contributed by atoms with Gasteiger partial charge >= 0.3 is 18.6 Å². The number of alkyl halides is 2. The number of carbonyl (C=O) groups excluding carboxylic acids is 2. The molecule has 2 bridgehead atoms. The maximum atomic E-state index is 13.9. The molecule has 4 fully saturated rings. The van der Waals surface area contributed by atoms with E-state index in [9.17, 15) is 18.4 Å². The van der Waals surface area contributed by atoms with Crippen LogP contribution in [-0.2, 0) is 27.2 Å². The van der Waals surface area contributed by atoms with Crippen molar-refractivity contribution >= 4 is 35.1 Å². The average molecular weight is 811 g/mol. The van der Waals surface area contributed by atoms with Crippen LogP contribution < -0.4 is 19.5 Å². The maximum absolute atomic E-state index is 13.9. The molecule has 0 spiro atoms. The van der Waals surface area contributed by atoms with E-state index in [1.165, 1.54) is 30.6 Å². The van der Waals surface area contributed by atoms with E-state index in [-0.39, 0.29) is 52.1 Å². The normalized spacial score (nSPS) is 19.9. The van der Waals surface area contributed by atoms with Gasteiger partial charge in [-0.05, 0) is 109 Å². The Morgan fingerprint density at radius 3 is 2.32 bits per heavy atom. The molecule has 1 saturated carbocycles. The van der Waals surface area contributed by atoms with Crippen molar-refractivity contribution in [2.75, 3.05) is 33.4 Å². The summed E-state index contributed by atoms with van der Waals surface area (Å²) in [7, 11) is 1.58. The van der Waals surface area contributed by atoms with Gasteiger partial charge in [-0.2, -0.15) is 8.78 Å². The van der Waals surface area contributed by atoms with Gasteiger partial charge in [-0.15, -0.1) is 0 Å². The summed E-state index contributed by atoms with van der Waals surface area (Å²) < 4.78 is 54.9. The van der Waals surface area contributed by atoms with E-state index in [4.69, 9.17) is 46.9 Å². The summed E-state index contributed by atoms with van der Waals surface area (Å²) in [6.45, 7) is 0.304. The first-order chi connectivity index (χ1) is 27.1. The lowest BCUT2D eigenvalue weighted by Crippen LogP contribution is -2.52. The number of hydrogen-bond acceptors (Lipinski definition) is 10. The molecule has 3 aliphatic heterocycles. The van der Waals surface area contributed by atoms with Gasteiger partial charge in [0.2, 0.25) is 0 Å². The lowest BCUT2D eigenvalue weighted by molar-refractivity contribution is -0.161.